The molecule has 0 bridgehead atoms. The molecule has 1 fully saturated rings. The van der Waals surface area contributed by atoms with E-state index in [1.807, 2.05) is 48.5 Å². The summed E-state index contributed by atoms with van der Waals surface area (Å²) in [5.74, 6) is -0.262. The highest BCUT2D eigenvalue weighted by Crippen LogP contribution is 2.50. The molecule has 0 unspecified atom stereocenters. The minimum absolute atomic E-state index is 0.0445. The van der Waals surface area contributed by atoms with Gasteiger partial charge in [0.1, 0.15) is 0 Å². The lowest BCUT2D eigenvalue weighted by molar-refractivity contribution is -0.143. The van der Waals surface area contributed by atoms with E-state index in [4.69, 9.17) is 4.74 Å². The van der Waals surface area contributed by atoms with Gasteiger partial charge in [-0.2, -0.15) is 0 Å². The molecule has 25 heavy (non-hydrogen) atoms. The van der Waals surface area contributed by atoms with Crippen LogP contribution < -0.4 is 0 Å². The smallest absolute Gasteiger partial charge is 0.306 e. The summed E-state index contributed by atoms with van der Waals surface area (Å²) in [4.78, 5) is 25.0. The van der Waals surface area contributed by atoms with E-state index in [2.05, 4.69) is 12.1 Å². The number of ether oxygens (including phenoxy) is 1. The number of hydrogen-bond acceptors (Lipinski definition) is 4. The largest absolute Gasteiger partial charge is 0.466 e. The fourth-order valence-electron chi connectivity index (χ4n) is 3.29. The predicted molar refractivity (Wildman–Crippen MR) is 101 cm³/mol. The van der Waals surface area contributed by atoms with E-state index in [0.717, 1.165) is 12.0 Å². The highest BCUT2D eigenvalue weighted by molar-refractivity contribution is 8.00. The van der Waals surface area contributed by atoms with Gasteiger partial charge in [-0.25, -0.2) is 0 Å². The molecule has 0 amide bonds. The topological polar surface area (TPSA) is 43.4 Å². The molecule has 4 heteroatoms. The van der Waals surface area contributed by atoms with Crippen molar-refractivity contribution in [2.45, 2.75) is 30.3 Å². The predicted octanol–water partition coefficient (Wildman–Crippen LogP) is 4.69. The molecule has 0 aromatic heterocycles. The molecule has 1 heterocycles. The summed E-state index contributed by atoms with van der Waals surface area (Å²) < 4.78 is 5.11. The van der Waals surface area contributed by atoms with Gasteiger partial charge in [-0.1, -0.05) is 60.7 Å². The zero-order valence-electron chi connectivity index (χ0n) is 14.3. The Hall–Kier alpha value is -2.07. The molecule has 0 N–H and O–H groups in total. The summed E-state index contributed by atoms with van der Waals surface area (Å²) in [5.41, 5.74) is 1.93. The Morgan fingerprint density at radius 3 is 2.32 bits per heavy atom. The van der Waals surface area contributed by atoms with Crippen molar-refractivity contribution in [3.63, 3.8) is 0 Å². The zero-order chi connectivity index (χ0) is 17.6. The van der Waals surface area contributed by atoms with Gasteiger partial charge in [0.2, 0.25) is 0 Å². The SMILES string of the molecule is CCOC(=O)C[C@H]1S[C@@H](c2ccccc2)C[C@@H]1C(=O)c1ccccc1. The molecule has 0 aliphatic carbocycles. The lowest BCUT2D eigenvalue weighted by Crippen LogP contribution is -2.25. The molecule has 130 valence electrons. The average molecular weight is 354 g/mol. The van der Waals surface area contributed by atoms with Crippen molar-refractivity contribution < 1.29 is 14.3 Å². The second-order valence-electron chi connectivity index (χ2n) is 6.16. The first-order valence-corrected chi connectivity index (χ1v) is 9.58. The van der Waals surface area contributed by atoms with Gasteiger partial charge in [-0.15, -0.1) is 11.8 Å². The molecular weight excluding hydrogens is 332 g/mol. The van der Waals surface area contributed by atoms with Crippen LogP contribution >= 0.6 is 11.8 Å². The molecule has 3 atom stereocenters. The molecule has 3 rings (SSSR count). The van der Waals surface area contributed by atoms with Crippen LogP contribution in [0.3, 0.4) is 0 Å². The normalized spacial score (nSPS) is 22.5. The Bertz CT molecular complexity index is 714. The number of carbonyl (C=O) groups is 2. The van der Waals surface area contributed by atoms with Crippen LogP contribution in [0.25, 0.3) is 0 Å². The number of benzene rings is 2. The van der Waals surface area contributed by atoms with E-state index in [1.54, 1.807) is 18.7 Å². The summed E-state index contributed by atoms with van der Waals surface area (Å²) in [5, 5.41) is 0.190. The average Bonchev–Trinajstić information content (AvgIpc) is 3.06. The van der Waals surface area contributed by atoms with Gasteiger partial charge in [0.15, 0.2) is 5.78 Å². The van der Waals surface area contributed by atoms with Gasteiger partial charge in [-0.3, -0.25) is 9.59 Å². The third-order valence-electron chi connectivity index (χ3n) is 4.50. The maximum atomic E-state index is 13.0. The molecule has 0 spiro atoms. The van der Waals surface area contributed by atoms with E-state index >= 15 is 0 Å². The van der Waals surface area contributed by atoms with Crippen LogP contribution in [0.2, 0.25) is 0 Å². The summed E-state index contributed by atoms with van der Waals surface area (Å²) in [6.07, 6.45) is 1.04. The van der Waals surface area contributed by atoms with Crippen molar-refractivity contribution in [1.82, 2.24) is 0 Å². The third kappa shape index (κ3) is 4.31. The molecule has 0 saturated carbocycles. The summed E-state index contributed by atoms with van der Waals surface area (Å²) in [6.45, 7) is 2.18. The summed E-state index contributed by atoms with van der Waals surface area (Å²) >= 11 is 1.73. The van der Waals surface area contributed by atoms with Crippen molar-refractivity contribution in [2.24, 2.45) is 5.92 Å². The fourth-order valence-corrected chi connectivity index (χ4v) is 5.00. The van der Waals surface area contributed by atoms with Crippen LogP contribution in [0, 0.1) is 5.92 Å². The molecule has 0 radical (unpaired) electrons. The second kappa shape index (κ2) is 8.34. The van der Waals surface area contributed by atoms with Crippen LogP contribution in [0.1, 0.15) is 40.9 Å². The molecule has 2 aromatic rings. The fraction of sp³-hybridized carbons (Fsp3) is 0.333. The maximum Gasteiger partial charge on any atom is 0.306 e. The van der Waals surface area contributed by atoms with Crippen molar-refractivity contribution >= 4 is 23.5 Å². The number of thioether (sulfide) groups is 1. The van der Waals surface area contributed by atoms with Crippen LogP contribution in [-0.4, -0.2) is 23.6 Å². The summed E-state index contributed by atoms with van der Waals surface area (Å²) in [7, 11) is 0. The first-order valence-electron chi connectivity index (χ1n) is 8.64. The van der Waals surface area contributed by atoms with Gasteiger partial charge in [0, 0.05) is 22.0 Å². The number of Topliss-reactive ketones (excluding diaryl/α,β-unsaturated/α-hetero) is 1. The minimum Gasteiger partial charge on any atom is -0.466 e. The van der Waals surface area contributed by atoms with E-state index in [1.165, 1.54) is 5.56 Å². The van der Waals surface area contributed by atoms with Crippen LogP contribution in [-0.2, 0) is 9.53 Å². The van der Waals surface area contributed by atoms with Gasteiger partial charge in [-0.05, 0) is 18.9 Å². The summed E-state index contributed by atoms with van der Waals surface area (Å²) in [6, 6.07) is 19.6. The Labute approximate surface area is 152 Å². The Kier molecular flexibility index (Phi) is 5.92. The Morgan fingerprint density at radius 1 is 1.04 bits per heavy atom. The zero-order valence-corrected chi connectivity index (χ0v) is 15.1. The monoisotopic (exact) mass is 354 g/mol. The van der Waals surface area contributed by atoms with Gasteiger partial charge in [0.05, 0.1) is 13.0 Å². The van der Waals surface area contributed by atoms with Crippen LogP contribution in [0.4, 0.5) is 0 Å². The Morgan fingerprint density at radius 2 is 1.68 bits per heavy atom. The van der Waals surface area contributed by atoms with Gasteiger partial charge in [0.25, 0.3) is 0 Å². The van der Waals surface area contributed by atoms with Crippen molar-refractivity contribution in [2.75, 3.05) is 6.61 Å². The standard InChI is InChI=1S/C21H22O3S/c1-2-24-20(22)14-19-17(21(23)16-11-7-4-8-12-16)13-18(25-19)15-9-5-3-6-10-15/h3-12,17-19H,2,13-14H2,1H3/t17-,18+,19+/m0/s1. The number of rotatable bonds is 6. The van der Waals surface area contributed by atoms with Gasteiger partial charge >= 0.3 is 5.97 Å². The van der Waals surface area contributed by atoms with E-state index < -0.39 is 0 Å². The lowest BCUT2D eigenvalue weighted by atomic mass is 9.88. The molecule has 1 saturated heterocycles. The van der Waals surface area contributed by atoms with Crippen LogP contribution in [0.15, 0.2) is 60.7 Å². The first-order chi connectivity index (χ1) is 12.2. The second-order valence-corrected chi connectivity index (χ2v) is 7.60. The number of carbonyl (C=O) groups excluding carboxylic acids is 2. The van der Waals surface area contributed by atoms with Crippen molar-refractivity contribution in [3.05, 3.63) is 71.8 Å². The number of esters is 1. The quantitative estimate of drug-likeness (QED) is 0.558. The van der Waals surface area contributed by atoms with Crippen molar-refractivity contribution in [3.8, 4) is 0 Å². The molecular formula is C21H22O3S. The number of hydrogen-bond donors (Lipinski definition) is 0. The molecule has 1 aliphatic heterocycles. The van der Waals surface area contributed by atoms with E-state index in [-0.39, 0.29) is 34.6 Å². The molecule has 2 aromatic carbocycles. The molecule has 3 nitrogen and oxygen atoms in total. The first kappa shape index (κ1) is 17.7. The number of ketones is 1. The lowest BCUT2D eigenvalue weighted by Gasteiger charge is -2.16. The highest BCUT2D eigenvalue weighted by atomic mass is 32.2. The molecule has 1 aliphatic rings. The van der Waals surface area contributed by atoms with E-state index in [0.29, 0.717) is 6.61 Å². The van der Waals surface area contributed by atoms with E-state index in [9.17, 15) is 9.59 Å². The third-order valence-corrected chi connectivity index (χ3v) is 6.13. The van der Waals surface area contributed by atoms with Crippen molar-refractivity contribution in [1.29, 1.82) is 0 Å². The van der Waals surface area contributed by atoms with Gasteiger partial charge < -0.3 is 4.74 Å². The Balaban J connectivity index is 1.81. The van der Waals surface area contributed by atoms with Crippen LogP contribution in [0.5, 0.6) is 0 Å². The maximum absolute atomic E-state index is 13.0. The highest BCUT2D eigenvalue weighted by Gasteiger charge is 2.41. The minimum atomic E-state index is -0.223.